The summed E-state index contributed by atoms with van der Waals surface area (Å²) in [5.41, 5.74) is 4.91. The third-order valence-electron chi connectivity index (χ3n) is 4.06. The van der Waals surface area contributed by atoms with Crippen LogP contribution in [0.4, 0.5) is 4.79 Å². The van der Waals surface area contributed by atoms with Crippen LogP contribution in [-0.2, 0) is 4.74 Å². The van der Waals surface area contributed by atoms with E-state index >= 15 is 0 Å². The molecule has 2 amide bonds. The molecule has 23 heavy (non-hydrogen) atoms. The number of nitrogens with one attached hydrogen (secondary N) is 1. The van der Waals surface area contributed by atoms with Gasteiger partial charge in [0.1, 0.15) is 6.23 Å². The van der Waals surface area contributed by atoms with Gasteiger partial charge in [0.05, 0.1) is 12.7 Å². The highest BCUT2D eigenvalue weighted by atomic mass is 16.5. The van der Waals surface area contributed by atoms with Gasteiger partial charge < -0.3 is 15.2 Å². The van der Waals surface area contributed by atoms with E-state index in [2.05, 4.69) is 5.32 Å². The Labute approximate surface area is 133 Å². The average molecular weight is 317 g/mol. The van der Waals surface area contributed by atoms with Crippen LogP contribution < -0.4 is 11.1 Å². The van der Waals surface area contributed by atoms with Gasteiger partial charge in [-0.1, -0.05) is 30.3 Å². The van der Waals surface area contributed by atoms with Crippen LogP contribution in [-0.4, -0.2) is 46.4 Å². The molecule has 3 rings (SSSR count). The summed E-state index contributed by atoms with van der Waals surface area (Å²) in [5.74, 6) is -0.386. The smallest absolute Gasteiger partial charge is 0.325 e. The molecule has 122 valence electrons. The number of urea groups is 1. The number of rotatable bonds is 4. The van der Waals surface area contributed by atoms with E-state index in [1.165, 1.54) is 17.2 Å². The molecule has 0 radical (unpaired) electrons. The number of benzene rings is 1. The Bertz CT molecular complexity index is 633. The van der Waals surface area contributed by atoms with Crippen LogP contribution in [0.1, 0.15) is 23.2 Å². The van der Waals surface area contributed by atoms with Crippen LogP contribution in [0.25, 0.3) is 0 Å². The highest BCUT2D eigenvalue weighted by Crippen LogP contribution is 2.25. The second-order valence-corrected chi connectivity index (χ2v) is 5.69. The zero-order valence-corrected chi connectivity index (χ0v) is 12.5. The Morgan fingerprint density at radius 1 is 1.39 bits per heavy atom. The summed E-state index contributed by atoms with van der Waals surface area (Å²) in [6.07, 6.45) is 3.50. The van der Waals surface area contributed by atoms with Crippen molar-refractivity contribution in [3.8, 4) is 0 Å². The molecule has 3 atom stereocenters. The van der Waals surface area contributed by atoms with Crippen molar-refractivity contribution in [3.05, 3.63) is 48.2 Å². The van der Waals surface area contributed by atoms with Crippen LogP contribution >= 0.6 is 0 Å². The van der Waals surface area contributed by atoms with E-state index in [4.69, 9.17) is 15.6 Å². The van der Waals surface area contributed by atoms with Crippen molar-refractivity contribution in [1.29, 1.82) is 0 Å². The number of aliphatic hydroxyl groups is 1. The largest absolute Gasteiger partial charge is 0.394 e. The van der Waals surface area contributed by atoms with E-state index in [-0.39, 0.29) is 18.5 Å². The van der Waals surface area contributed by atoms with Gasteiger partial charge in [0, 0.05) is 11.8 Å². The fourth-order valence-electron chi connectivity index (χ4n) is 2.76. The molecule has 2 aliphatic rings. The standard InChI is InChI=1S/C16H19N3O4/c17-16(14(21)11-4-2-1-3-5-11)8-9-19(15(22)18-16)13-7-6-12(10-20)23-13/h1-5,8-9,12-13,20H,6-7,10,17H2,(H,18,22)/t12-,13+,16?/m0/s1. The molecular weight excluding hydrogens is 298 g/mol. The number of carbonyl (C=O) groups excluding carboxylic acids is 2. The first-order chi connectivity index (χ1) is 11.0. The molecule has 1 saturated heterocycles. The number of Topliss-reactive ketones (excluding diaryl/α,β-unsaturated/α-hetero) is 1. The van der Waals surface area contributed by atoms with Gasteiger partial charge in [0.2, 0.25) is 5.78 Å². The molecule has 0 aliphatic carbocycles. The molecule has 0 spiro atoms. The number of hydrogen-bond donors (Lipinski definition) is 3. The summed E-state index contributed by atoms with van der Waals surface area (Å²) in [6.45, 7) is -0.0804. The predicted molar refractivity (Wildman–Crippen MR) is 82.2 cm³/mol. The molecule has 7 nitrogen and oxygen atoms in total. The maximum Gasteiger partial charge on any atom is 0.325 e. The number of hydrogen-bond acceptors (Lipinski definition) is 5. The molecule has 1 fully saturated rings. The van der Waals surface area contributed by atoms with Crippen molar-refractivity contribution in [3.63, 3.8) is 0 Å². The summed E-state index contributed by atoms with van der Waals surface area (Å²) in [7, 11) is 0. The van der Waals surface area contributed by atoms with Crippen molar-refractivity contribution < 1.29 is 19.4 Å². The summed E-state index contributed by atoms with van der Waals surface area (Å²) in [4.78, 5) is 26.2. The van der Waals surface area contributed by atoms with Crippen molar-refractivity contribution in [2.45, 2.75) is 30.8 Å². The maximum absolute atomic E-state index is 12.5. The van der Waals surface area contributed by atoms with Crippen LogP contribution in [0.5, 0.6) is 0 Å². The van der Waals surface area contributed by atoms with Gasteiger partial charge in [0.15, 0.2) is 5.66 Å². The molecule has 2 aliphatic heterocycles. The first-order valence-corrected chi connectivity index (χ1v) is 7.48. The number of aliphatic hydroxyl groups excluding tert-OH is 1. The number of carbonyl (C=O) groups is 2. The van der Waals surface area contributed by atoms with E-state index in [9.17, 15) is 9.59 Å². The van der Waals surface area contributed by atoms with E-state index in [0.29, 0.717) is 18.4 Å². The SMILES string of the molecule is NC1(C(=O)c2ccccc2)C=CN([C@H]2CC[C@@H](CO)O2)C(=O)N1. The lowest BCUT2D eigenvalue weighted by Crippen LogP contribution is -2.65. The zero-order valence-electron chi connectivity index (χ0n) is 12.5. The van der Waals surface area contributed by atoms with Gasteiger partial charge in [0.25, 0.3) is 0 Å². The van der Waals surface area contributed by atoms with Crippen LogP contribution in [0.2, 0.25) is 0 Å². The summed E-state index contributed by atoms with van der Waals surface area (Å²) >= 11 is 0. The maximum atomic E-state index is 12.5. The highest BCUT2D eigenvalue weighted by Gasteiger charge is 2.41. The quantitative estimate of drug-likeness (QED) is 0.704. The average Bonchev–Trinajstić information content (AvgIpc) is 3.04. The van der Waals surface area contributed by atoms with E-state index in [1.54, 1.807) is 30.3 Å². The number of nitrogens with two attached hydrogens (primary N) is 1. The second kappa shape index (κ2) is 6.11. The molecule has 4 N–H and O–H groups in total. The third kappa shape index (κ3) is 2.98. The Hall–Kier alpha value is -2.22. The Morgan fingerprint density at radius 3 is 2.74 bits per heavy atom. The summed E-state index contributed by atoms with van der Waals surface area (Å²) in [5, 5.41) is 11.6. The van der Waals surface area contributed by atoms with Gasteiger partial charge in [-0.25, -0.2) is 4.79 Å². The van der Waals surface area contributed by atoms with Crippen LogP contribution in [0.15, 0.2) is 42.6 Å². The van der Waals surface area contributed by atoms with E-state index < -0.39 is 17.9 Å². The molecule has 1 aromatic rings. The minimum absolute atomic E-state index is 0.0804. The van der Waals surface area contributed by atoms with Crippen molar-refractivity contribution >= 4 is 11.8 Å². The lowest BCUT2D eigenvalue weighted by molar-refractivity contribution is -0.0379. The first kappa shape index (κ1) is 15.7. The minimum Gasteiger partial charge on any atom is -0.394 e. The van der Waals surface area contributed by atoms with Crippen molar-refractivity contribution in [2.24, 2.45) is 5.73 Å². The van der Waals surface area contributed by atoms with Gasteiger partial charge in [-0.15, -0.1) is 0 Å². The normalized spacial score (nSPS) is 30.3. The second-order valence-electron chi connectivity index (χ2n) is 5.69. The molecule has 0 saturated carbocycles. The monoisotopic (exact) mass is 317 g/mol. The number of ketones is 1. The number of amides is 2. The molecule has 0 bridgehead atoms. The number of nitrogens with zero attached hydrogens (tertiary/aromatic N) is 1. The highest BCUT2D eigenvalue weighted by molar-refractivity contribution is 6.06. The first-order valence-electron chi connectivity index (χ1n) is 7.48. The molecule has 2 heterocycles. The molecule has 1 unspecified atom stereocenters. The van der Waals surface area contributed by atoms with Crippen molar-refractivity contribution in [1.82, 2.24) is 10.2 Å². The molecule has 0 aromatic heterocycles. The molecule has 1 aromatic carbocycles. The fraction of sp³-hybridized carbons (Fsp3) is 0.375. The summed E-state index contributed by atoms with van der Waals surface area (Å²) < 4.78 is 5.57. The minimum atomic E-state index is -1.58. The third-order valence-corrected chi connectivity index (χ3v) is 4.06. The Balaban J connectivity index is 1.77. The van der Waals surface area contributed by atoms with E-state index in [1.807, 2.05) is 0 Å². The Morgan fingerprint density at radius 2 is 2.13 bits per heavy atom. The van der Waals surface area contributed by atoms with Gasteiger partial charge in [-0.05, 0) is 18.9 Å². The van der Waals surface area contributed by atoms with E-state index in [0.717, 1.165) is 0 Å². The lowest BCUT2D eigenvalue weighted by Gasteiger charge is -2.36. The van der Waals surface area contributed by atoms with Crippen molar-refractivity contribution in [2.75, 3.05) is 6.61 Å². The van der Waals surface area contributed by atoms with Gasteiger partial charge >= 0.3 is 6.03 Å². The Kier molecular flexibility index (Phi) is 4.16. The lowest BCUT2D eigenvalue weighted by atomic mass is 9.97. The van der Waals surface area contributed by atoms with Gasteiger partial charge in [-0.3, -0.25) is 15.4 Å². The predicted octanol–water partition coefficient (Wildman–Crippen LogP) is 0.561. The van der Waals surface area contributed by atoms with Gasteiger partial charge in [-0.2, -0.15) is 0 Å². The number of ether oxygens (including phenoxy) is 1. The van der Waals surface area contributed by atoms with Crippen LogP contribution in [0.3, 0.4) is 0 Å². The van der Waals surface area contributed by atoms with Crippen LogP contribution in [0, 0.1) is 0 Å². The molecular formula is C16H19N3O4. The molecule has 7 heteroatoms. The fourth-order valence-corrected chi connectivity index (χ4v) is 2.76. The topological polar surface area (TPSA) is 105 Å². The summed E-state index contributed by atoms with van der Waals surface area (Å²) in [6, 6.07) is 8.07. The zero-order chi connectivity index (χ0) is 16.4.